The maximum absolute atomic E-state index is 13.5. The number of carbonyl (C=O) groups excluding carboxylic acids is 1. The maximum Gasteiger partial charge on any atom is 0.276 e. The van der Waals surface area contributed by atoms with Gasteiger partial charge in [-0.1, -0.05) is 23.7 Å². The van der Waals surface area contributed by atoms with Crippen molar-refractivity contribution in [2.45, 2.75) is 0 Å². The molecule has 1 heterocycles. The third kappa shape index (κ3) is 3.85. The van der Waals surface area contributed by atoms with Crippen molar-refractivity contribution in [1.82, 2.24) is 10.2 Å². The Labute approximate surface area is 142 Å². The average Bonchev–Trinajstić information content (AvgIpc) is 2.59. The van der Waals surface area contributed by atoms with Crippen LogP contribution in [0, 0.1) is 5.82 Å². The Morgan fingerprint density at radius 3 is 2.38 bits per heavy atom. The molecule has 0 radical (unpaired) electrons. The highest BCUT2D eigenvalue weighted by atomic mass is 35.5. The van der Waals surface area contributed by atoms with Crippen LogP contribution >= 0.6 is 11.6 Å². The van der Waals surface area contributed by atoms with Gasteiger partial charge in [-0.05, 0) is 48.5 Å². The fraction of sp³-hybridized carbons (Fsp3) is 0. The molecule has 0 bridgehead atoms. The van der Waals surface area contributed by atoms with Crippen molar-refractivity contribution in [3.8, 4) is 0 Å². The molecule has 3 aromatic rings. The van der Waals surface area contributed by atoms with Crippen LogP contribution in [0.4, 0.5) is 21.6 Å². The van der Waals surface area contributed by atoms with E-state index in [0.717, 1.165) is 5.69 Å². The fourth-order valence-electron chi connectivity index (χ4n) is 1.95. The van der Waals surface area contributed by atoms with Crippen molar-refractivity contribution in [2.75, 3.05) is 10.6 Å². The quantitative estimate of drug-likeness (QED) is 0.743. The van der Waals surface area contributed by atoms with Crippen LogP contribution in [0.1, 0.15) is 10.5 Å². The molecule has 0 aliphatic carbocycles. The summed E-state index contributed by atoms with van der Waals surface area (Å²) in [5.41, 5.74) is 0.963. The molecule has 0 aliphatic rings. The minimum Gasteiger partial charge on any atom is -0.339 e. The summed E-state index contributed by atoms with van der Waals surface area (Å²) in [5.74, 6) is -0.578. The number of amides is 1. The van der Waals surface area contributed by atoms with Crippen LogP contribution in [0.25, 0.3) is 0 Å². The molecule has 2 aromatic carbocycles. The van der Waals surface area contributed by atoms with E-state index in [1.165, 1.54) is 18.2 Å². The molecule has 7 heteroatoms. The summed E-state index contributed by atoms with van der Waals surface area (Å²) in [6.45, 7) is 0. The Hall–Kier alpha value is -2.99. The topological polar surface area (TPSA) is 66.9 Å². The van der Waals surface area contributed by atoms with E-state index < -0.39 is 11.7 Å². The largest absolute Gasteiger partial charge is 0.339 e. The summed E-state index contributed by atoms with van der Waals surface area (Å²) in [6.07, 6.45) is 0. The van der Waals surface area contributed by atoms with Gasteiger partial charge in [0, 0.05) is 10.7 Å². The van der Waals surface area contributed by atoms with Gasteiger partial charge in [0.15, 0.2) is 11.5 Å². The van der Waals surface area contributed by atoms with E-state index in [4.69, 9.17) is 11.6 Å². The van der Waals surface area contributed by atoms with E-state index in [2.05, 4.69) is 20.8 Å². The molecular weight excluding hydrogens is 331 g/mol. The van der Waals surface area contributed by atoms with E-state index in [0.29, 0.717) is 10.8 Å². The lowest BCUT2D eigenvalue weighted by molar-refractivity contribution is 0.102. The molecular formula is C17H12ClFN4O. The Bertz CT molecular complexity index is 853. The summed E-state index contributed by atoms with van der Waals surface area (Å²) < 4.78 is 13.5. The monoisotopic (exact) mass is 342 g/mol. The minimum atomic E-state index is -0.536. The Balaban J connectivity index is 1.68. The number of halogens is 2. The van der Waals surface area contributed by atoms with Gasteiger partial charge in [-0.25, -0.2) is 4.39 Å². The molecule has 0 spiro atoms. The number of rotatable bonds is 4. The lowest BCUT2D eigenvalue weighted by Crippen LogP contribution is -2.15. The molecule has 0 fully saturated rings. The number of hydrogen-bond donors (Lipinski definition) is 2. The number of carbonyl (C=O) groups is 1. The van der Waals surface area contributed by atoms with Gasteiger partial charge in [0.05, 0.1) is 5.69 Å². The van der Waals surface area contributed by atoms with Crippen LogP contribution < -0.4 is 10.6 Å². The summed E-state index contributed by atoms with van der Waals surface area (Å²) >= 11 is 5.82. The molecule has 24 heavy (non-hydrogen) atoms. The molecule has 0 aliphatic heterocycles. The number of nitrogens with zero attached hydrogens (tertiary/aromatic N) is 2. The SMILES string of the molecule is O=C(Nc1ccccc1F)c1ccc(Nc2ccc(Cl)cc2)nn1. The van der Waals surface area contributed by atoms with Crippen molar-refractivity contribution in [2.24, 2.45) is 0 Å². The van der Waals surface area contributed by atoms with E-state index in [9.17, 15) is 9.18 Å². The fourth-order valence-corrected chi connectivity index (χ4v) is 2.08. The van der Waals surface area contributed by atoms with Crippen molar-refractivity contribution >= 4 is 34.7 Å². The standard InChI is InChI=1S/C17H12ClFN4O/c18-11-5-7-12(8-6-11)20-16-10-9-15(22-23-16)17(24)21-14-4-2-1-3-13(14)19/h1-10H,(H,20,23)(H,21,24). The first-order chi connectivity index (χ1) is 11.6. The second kappa shape index (κ2) is 7.06. The van der Waals surface area contributed by atoms with Crippen LogP contribution in [0.15, 0.2) is 60.7 Å². The highest BCUT2D eigenvalue weighted by Gasteiger charge is 2.11. The molecule has 3 rings (SSSR count). The van der Waals surface area contributed by atoms with Crippen molar-refractivity contribution in [3.05, 3.63) is 77.2 Å². The lowest BCUT2D eigenvalue weighted by Gasteiger charge is -2.07. The van der Waals surface area contributed by atoms with Crippen LogP contribution in [-0.4, -0.2) is 16.1 Å². The summed E-state index contributed by atoms with van der Waals surface area (Å²) in [6, 6.07) is 16.1. The zero-order chi connectivity index (χ0) is 16.9. The Kier molecular flexibility index (Phi) is 4.67. The molecule has 2 N–H and O–H groups in total. The predicted octanol–water partition coefficient (Wildman–Crippen LogP) is 4.27. The summed E-state index contributed by atoms with van der Waals surface area (Å²) in [5, 5.41) is 13.9. The molecule has 0 saturated carbocycles. The number of anilines is 3. The third-order valence-electron chi connectivity index (χ3n) is 3.14. The van der Waals surface area contributed by atoms with E-state index in [1.54, 1.807) is 42.5 Å². The average molecular weight is 343 g/mol. The first-order valence-electron chi connectivity index (χ1n) is 7.04. The normalized spacial score (nSPS) is 10.2. The van der Waals surface area contributed by atoms with Gasteiger partial charge in [-0.3, -0.25) is 4.79 Å². The highest BCUT2D eigenvalue weighted by Crippen LogP contribution is 2.17. The van der Waals surface area contributed by atoms with Gasteiger partial charge in [0.25, 0.3) is 5.91 Å². The van der Waals surface area contributed by atoms with Crippen molar-refractivity contribution in [1.29, 1.82) is 0 Å². The number of hydrogen-bond acceptors (Lipinski definition) is 4. The summed E-state index contributed by atoms with van der Waals surface area (Å²) in [4.78, 5) is 12.1. The summed E-state index contributed by atoms with van der Waals surface area (Å²) in [7, 11) is 0. The van der Waals surface area contributed by atoms with Crippen LogP contribution in [0.3, 0.4) is 0 Å². The van der Waals surface area contributed by atoms with Gasteiger partial charge < -0.3 is 10.6 Å². The van der Waals surface area contributed by atoms with Gasteiger partial charge in [0.2, 0.25) is 0 Å². The van der Waals surface area contributed by atoms with E-state index >= 15 is 0 Å². The zero-order valence-electron chi connectivity index (χ0n) is 12.3. The maximum atomic E-state index is 13.5. The third-order valence-corrected chi connectivity index (χ3v) is 3.39. The lowest BCUT2D eigenvalue weighted by atomic mass is 10.3. The molecule has 0 atom stereocenters. The molecule has 1 aromatic heterocycles. The molecule has 5 nitrogen and oxygen atoms in total. The van der Waals surface area contributed by atoms with Gasteiger partial charge in [0.1, 0.15) is 5.82 Å². The molecule has 0 saturated heterocycles. The first kappa shape index (κ1) is 15.9. The van der Waals surface area contributed by atoms with Gasteiger partial charge >= 0.3 is 0 Å². The predicted molar refractivity (Wildman–Crippen MR) is 91.1 cm³/mol. The molecule has 0 unspecified atom stereocenters. The van der Waals surface area contributed by atoms with E-state index in [1.807, 2.05) is 0 Å². The van der Waals surface area contributed by atoms with E-state index in [-0.39, 0.29) is 11.4 Å². The first-order valence-corrected chi connectivity index (χ1v) is 7.42. The number of benzene rings is 2. The smallest absolute Gasteiger partial charge is 0.276 e. The van der Waals surface area contributed by atoms with Gasteiger partial charge in [-0.15, -0.1) is 10.2 Å². The number of aromatic nitrogens is 2. The Morgan fingerprint density at radius 2 is 1.71 bits per heavy atom. The van der Waals surface area contributed by atoms with Crippen molar-refractivity contribution in [3.63, 3.8) is 0 Å². The number of para-hydroxylation sites is 1. The Morgan fingerprint density at radius 1 is 0.958 bits per heavy atom. The second-order valence-corrected chi connectivity index (χ2v) is 5.31. The minimum absolute atomic E-state index is 0.0832. The van der Waals surface area contributed by atoms with Crippen LogP contribution in [-0.2, 0) is 0 Å². The van der Waals surface area contributed by atoms with Crippen LogP contribution in [0.2, 0.25) is 5.02 Å². The molecule has 120 valence electrons. The van der Waals surface area contributed by atoms with Crippen LogP contribution in [0.5, 0.6) is 0 Å². The molecule has 1 amide bonds. The van der Waals surface area contributed by atoms with Gasteiger partial charge in [-0.2, -0.15) is 0 Å². The second-order valence-electron chi connectivity index (χ2n) is 4.87. The van der Waals surface area contributed by atoms with Crippen molar-refractivity contribution < 1.29 is 9.18 Å². The number of nitrogens with one attached hydrogen (secondary N) is 2. The highest BCUT2D eigenvalue weighted by molar-refractivity contribution is 6.30. The zero-order valence-corrected chi connectivity index (χ0v) is 13.1.